The number of benzene rings is 1. The van der Waals surface area contributed by atoms with Gasteiger partial charge in [0.25, 0.3) is 0 Å². The second kappa shape index (κ2) is 6.99. The number of carbonyl (C=O) groups is 1. The number of nitrogens with zero attached hydrogens (tertiary/aromatic N) is 4. The Morgan fingerprint density at radius 3 is 2.54 bits per heavy atom. The molecule has 1 aliphatic rings. The molecule has 1 aromatic heterocycles. The van der Waals surface area contributed by atoms with Crippen LogP contribution < -0.4 is 4.90 Å². The molecule has 1 fully saturated rings. The molecule has 0 unspecified atom stereocenters. The average molecular weight is 324 g/mol. The molecular weight excluding hydrogens is 300 g/mol. The normalized spacial score (nSPS) is 14.8. The summed E-state index contributed by atoms with van der Waals surface area (Å²) in [6.07, 6.45) is 2.27. The molecule has 5 heteroatoms. The quantitative estimate of drug-likeness (QED) is 0.869. The van der Waals surface area contributed by atoms with Gasteiger partial charge in [0.2, 0.25) is 5.91 Å². The Kier molecular flexibility index (Phi) is 4.79. The summed E-state index contributed by atoms with van der Waals surface area (Å²) in [6, 6.07) is 8.23. The van der Waals surface area contributed by atoms with Crippen molar-refractivity contribution in [3.8, 4) is 0 Å². The van der Waals surface area contributed by atoms with Crippen LogP contribution >= 0.6 is 0 Å². The highest BCUT2D eigenvalue weighted by Gasteiger charge is 2.22. The third-order valence-electron chi connectivity index (χ3n) is 4.56. The number of piperazine rings is 1. The van der Waals surface area contributed by atoms with Crippen molar-refractivity contribution in [1.82, 2.24) is 14.9 Å². The zero-order chi connectivity index (χ0) is 17.1. The van der Waals surface area contributed by atoms with E-state index in [0.717, 1.165) is 43.4 Å². The van der Waals surface area contributed by atoms with Crippen LogP contribution in [-0.4, -0.2) is 47.0 Å². The highest BCUT2D eigenvalue weighted by atomic mass is 16.2. The molecule has 1 aliphatic heterocycles. The van der Waals surface area contributed by atoms with Crippen LogP contribution in [0.25, 0.3) is 0 Å². The molecule has 0 spiro atoms. The number of hydrogen-bond acceptors (Lipinski definition) is 4. The summed E-state index contributed by atoms with van der Waals surface area (Å²) in [6.45, 7) is 9.14. The fourth-order valence-corrected chi connectivity index (χ4v) is 3.07. The molecular formula is C19H24N4O. The molecule has 0 bridgehead atoms. The molecule has 2 aromatic rings. The van der Waals surface area contributed by atoms with Crippen LogP contribution in [0.3, 0.4) is 0 Å². The van der Waals surface area contributed by atoms with E-state index < -0.39 is 0 Å². The van der Waals surface area contributed by atoms with Gasteiger partial charge >= 0.3 is 0 Å². The van der Waals surface area contributed by atoms with Gasteiger partial charge in [0.15, 0.2) is 0 Å². The summed E-state index contributed by atoms with van der Waals surface area (Å²) in [5.74, 6) is 1.94. The highest BCUT2D eigenvalue weighted by molar-refractivity contribution is 5.79. The largest absolute Gasteiger partial charge is 0.353 e. The van der Waals surface area contributed by atoms with E-state index in [9.17, 15) is 4.79 Å². The maximum Gasteiger partial charge on any atom is 0.227 e. The van der Waals surface area contributed by atoms with Crippen LogP contribution in [0.5, 0.6) is 0 Å². The monoisotopic (exact) mass is 324 g/mol. The molecule has 0 aliphatic carbocycles. The molecule has 0 atom stereocenters. The SMILES string of the molecule is Cc1ccc(C)c(CC(=O)N2CCN(c3ccnc(C)n3)CC2)c1. The first kappa shape index (κ1) is 16.4. The third-order valence-corrected chi connectivity index (χ3v) is 4.56. The van der Waals surface area contributed by atoms with Gasteiger partial charge in [-0.15, -0.1) is 0 Å². The minimum atomic E-state index is 0.210. The maximum atomic E-state index is 12.6. The van der Waals surface area contributed by atoms with Gasteiger partial charge in [-0.3, -0.25) is 4.79 Å². The molecule has 1 saturated heterocycles. The van der Waals surface area contributed by atoms with E-state index in [0.29, 0.717) is 6.42 Å². The van der Waals surface area contributed by atoms with Crippen molar-refractivity contribution >= 4 is 11.7 Å². The number of amides is 1. The van der Waals surface area contributed by atoms with Crippen molar-refractivity contribution < 1.29 is 4.79 Å². The van der Waals surface area contributed by atoms with E-state index in [2.05, 4.69) is 46.9 Å². The Labute approximate surface area is 143 Å². The fourth-order valence-electron chi connectivity index (χ4n) is 3.07. The lowest BCUT2D eigenvalue weighted by Crippen LogP contribution is -2.49. The molecule has 126 valence electrons. The Morgan fingerprint density at radius 2 is 1.83 bits per heavy atom. The predicted molar refractivity (Wildman–Crippen MR) is 95.2 cm³/mol. The second-order valence-electron chi connectivity index (χ2n) is 6.44. The number of aryl methyl sites for hydroxylation is 3. The zero-order valence-electron chi connectivity index (χ0n) is 14.6. The lowest BCUT2D eigenvalue weighted by molar-refractivity contribution is -0.130. The van der Waals surface area contributed by atoms with E-state index in [-0.39, 0.29) is 5.91 Å². The van der Waals surface area contributed by atoms with Crippen molar-refractivity contribution in [2.45, 2.75) is 27.2 Å². The lowest BCUT2D eigenvalue weighted by atomic mass is 10.0. The van der Waals surface area contributed by atoms with Crippen molar-refractivity contribution in [2.24, 2.45) is 0 Å². The van der Waals surface area contributed by atoms with Gasteiger partial charge in [-0.05, 0) is 38.0 Å². The summed E-state index contributed by atoms with van der Waals surface area (Å²) < 4.78 is 0. The molecule has 0 saturated carbocycles. The van der Waals surface area contributed by atoms with Gasteiger partial charge in [-0.2, -0.15) is 0 Å². The van der Waals surface area contributed by atoms with Crippen LogP contribution in [0.2, 0.25) is 0 Å². The van der Waals surface area contributed by atoms with Gasteiger partial charge in [0, 0.05) is 32.4 Å². The van der Waals surface area contributed by atoms with Gasteiger partial charge in [-0.1, -0.05) is 23.8 Å². The average Bonchev–Trinajstić information content (AvgIpc) is 2.58. The fraction of sp³-hybridized carbons (Fsp3) is 0.421. The Balaban J connectivity index is 1.60. The number of hydrogen-bond donors (Lipinski definition) is 0. The maximum absolute atomic E-state index is 12.6. The summed E-state index contributed by atoms with van der Waals surface area (Å²) in [5, 5.41) is 0. The van der Waals surface area contributed by atoms with E-state index in [1.165, 1.54) is 11.1 Å². The molecule has 0 N–H and O–H groups in total. The van der Waals surface area contributed by atoms with Crippen molar-refractivity contribution in [2.75, 3.05) is 31.1 Å². The minimum absolute atomic E-state index is 0.210. The first-order chi connectivity index (χ1) is 11.5. The van der Waals surface area contributed by atoms with E-state index in [4.69, 9.17) is 0 Å². The Morgan fingerprint density at radius 1 is 1.08 bits per heavy atom. The van der Waals surface area contributed by atoms with Crippen molar-refractivity contribution in [3.63, 3.8) is 0 Å². The number of carbonyl (C=O) groups excluding carboxylic acids is 1. The molecule has 1 aromatic carbocycles. The minimum Gasteiger partial charge on any atom is -0.353 e. The first-order valence-electron chi connectivity index (χ1n) is 8.41. The smallest absolute Gasteiger partial charge is 0.227 e. The van der Waals surface area contributed by atoms with Crippen LogP contribution in [0.1, 0.15) is 22.5 Å². The standard InChI is InChI=1S/C19H24N4O/c1-14-4-5-15(2)17(12-14)13-19(24)23-10-8-22(9-11-23)18-6-7-20-16(3)21-18/h4-7,12H,8-11,13H2,1-3H3. The number of anilines is 1. The van der Waals surface area contributed by atoms with Crippen molar-refractivity contribution in [3.05, 3.63) is 53.0 Å². The molecule has 1 amide bonds. The van der Waals surface area contributed by atoms with Gasteiger partial charge in [-0.25, -0.2) is 9.97 Å². The molecule has 5 nitrogen and oxygen atoms in total. The highest BCUT2D eigenvalue weighted by Crippen LogP contribution is 2.16. The predicted octanol–water partition coefficient (Wildman–Crippen LogP) is 2.29. The van der Waals surface area contributed by atoms with Gasteiger partial charge < -0.3 is 9.80 Å². The topological polar surface area (TPSA) is 49.3 Å². The van der Waals surface area contributed by atoms with E-state index >= 15 is 0 Å². The summed E-state index contributed by atoms with van der Waals surface area (Å²) in [4.78, 5) is 25.4. The van der Waals surface area contributed by atoms with Crippen molar-refractivity contribution in [1.29, 1.82) is 0 Å². The van der Waals surface area contributed by atoms with Crippen LogP contribution in [-0.2, 0) is 11.2 Å². The second-order valence-corrected chi connectivity index (χ2v) is 6.44. The molecule has 3 rings (SSSR count). The summed E-state index contributed by atoms with van der Waals surface area (Å²) >= 11 is 0. The van der Waals surface area contributed by atoms with Gasteiger partial charge in [0.05, 0.1) is 6.42 Å². The van der Waals surface area contributed by atoms with Crippen LogP contribution in [0, 0.1) is 20.8 Å². The Hall–Kier alpha value is -2.43. The molecule has 0 radical (unpaired) electrons. The lowest BCUT2D eigenvalue weighted by Gasteiger charge is -2.35. The van der Waals surface area contributed by atoms with Gasteiger partial charge in [0.1, 0.15) is 11.6 Å². The third kappa shape index (κ3) is 3.72. The number of rotatable bonds is 3. The number of aromatic nitrogens is 2. The van der Waals surface area contributed by atoms with E-state index in [1.807, 2.05) is 17.9 Å². The van der Waals surface area contributed by atoms with Crippen LogP contribution in [0.4, 0.5) is 5.82 Å². The summed E-state index contributed by atoms with van der Waals surface area (Å²) in [7, 11) is 0. The zero-order valence-corrected chi connectivity index (χ0v) is 14.6. The summed E-state index contributed by atoms with van der Waals surface area (Å²) in [5.41, 5.74) is 3.52. The first-order valence-corrected chi connectivity index (χ1v) is 8.41. The van der Waals surface area contributed by atoms with Crippen LogP contribution in [0.15, 0.2) is 30.5 Å². The molecule has 24 heavy (non-hydrogen) atoms. The Bertz CT molecular complexity index is 736. The molecule has 2 heterocycles. The van der Waals surface area contributed by atoms with E-state index in [1.54, 1.807) is 6.20 Å².